The number of nitriles is 1. The monoisotopic (exact) mass is 1260 g/mol. The number of hydrogen-bond donors (Lipinski definition) is 0. The molecule has 0 saturated carbocycles. The van der Waals surface area contributed by atoms with Gasteiger partial charge in [-0.25, -0.2) is 0 Å². The molecule has 0 fully saturated rings. The Morgan fingerprint density at radius 2 is 0.554 bits per heavy atom. The van der Waals surface area contributed by atoms with Crippen LogP contribution in [0.15, 0.2) is 194 Å². The molecule has 0 spiro atoms. The van der Waals surface area contributed by atoms with Crippen molar-refractivity contribution in [1.29, 1.82) is 5.26 Å². The number of halogens is 12. The van der Waals surface area contributed by atoms with Gasteiger partial charge in [0.05, 0.1) is 6.07 Å². The molecule has 8 aromatic carbocycles. The summed E-state index contributed by atoms with van der Waals surface area (Å²) in [5, 5.41) is 20.7. The largest absolute Gasteiger partial charge is 2.00 e. The first kappa shape index (κ1) is 55.4. The van der Waals surface area contributed by atoms with E-state index in [1.165, 1.54) is 71.4 Å². The first-order valence-corrected chi connectivity index (χ1v) is 32.7. The van der Waals surface area contributed by atoms with E-state index in [-0.39, 0.29) is 25.9 Å². The van der Waals surface area contributed by atoms with Gasteiger partial charge in [0.25, 0.3) is 0 Å². The fourth-order valence-corrected chi connectivity index (χ4v) is 11.5. The molecule has 0 aliphatic rings. The van der Waals surface area contributed by atoms with Crippen molar-refractivity contribution in [2.75, 3.05) is 0 Å². The van der Waals surface area contributed by atoms with Crippen molar-refractivity contribution in [1.82, 2.24) is 0 Å². The summed E-state index contributed by atoms with van der Waals surface area (Å²) >= 11 is -22.5. The Bertz CT molecular complexity index is 2570. The number of rotatable bonds is 7. The van der Waals surface area contributed by atoms with Gasteiger partial charge in [0.2, 0.25) is 0 Å². The second-order valence-electron chi connectivity index (χ2n) is 13.5. The van der Waals surface area contributed by atoms with Crippen LogP contribution in [-0.4, -0.2) is 44.4 Å². The average Bonchev–Trinajstić information content (AvgIpc) is 3.21. The molecule has 19 heteroatoms. The van der Waals surface area contributed by atoms with Crippen LogP contribution in [0.25, 0.3) is 32.7 Å². The van der Waals surface area contributed by atoms with E-state index in [4.69, 9.17) is 5.26 Å². The van der Waals surface area contributed by atoms with Crippen LogP contribution in [-0.2, 0) is 20.4 Å². The second-order valence-corrected chi connectivity index (χ2v) is 28.8. The Morgan fingerprint density at radius 1 is 0.354 bits per heavy atom. The topological polar surface area (TPSA) is 55.3 Å². The molecule has 0 radical (unpaired) electrons. The average molecular weight is 1260 g/mol. The van der Waals surface area contributed by atoms with Gasteiger partial charge >= 0.3 is 93.1 Å². The molecule has 0 bridgehead atoms. The molecule has 0 unspecified atom stereocenters. The van der Waals surface area contributed by atoms with Crippen molar-refractivity contribution in [3.8, 4) is 17.2 Å². The van der Waals surface area contributed by atoms with Crippen LogP contribution < -0.4 is 31.8 Å². The van der Waals surface area contributed by atoms with Gasteiger partial charge in [-0.05, 0) is 80.3 Å². The SMILES string of the molecule is CC#N.O.[F][Sb-]([F])([F])([F])([F])[F].[F][Sb-]([F])([F])([F])([F])[F].[Pd+2].c1ccc(P(c2ccccc2)c2ccc3ccccc3c2-c2c(P(c3ccccc3)c3ccccc3)ccc3ccccc23)cc1. The van der Waals surface area contributed by atoms with Gasteiger partial charge in [0.1, 0.15) is 0 Å². The van der Waals surface area contributed by atoms with Crippen molar-refractivity contribution >= 4 is 108 Å². The summed E-state index contributed by atoms with van der Waals surface area (Å²) in [7, 11) is -1.70. The Kier molecular flexibility index (Phi) is 17.5. The van der Waals surface area contributed by atoms with Gasteiger partial charge in [-0.2, -0.15) is 5.26 Å². The molecule has 0 aliphatic carbocycles. The van der Waals surface area contributed by atoms with Crippen molar-refractivity contribution in [3.63, 3.8) is 0 Å². The summed E-state index contributed by atoms with van der Waals surface area (Å²) in [4.78, 5) is 0. The van der Waals surface area contributed by atoms with E-state index in [1.807, 2.05) is 0 Å². The van der Waals surface area contributed by atoms with E-state index in [0.29, 0.717) is 0 Å². The fraction of sp³-hybridized carbons (Fsp3) is 0.0217. The molecule has 346 valence electrons. The maximum Gasteiger partial charge on any atom is 2.00 e. The summed E-state index contributed by atoms with van der Waals surface area (Å²) in [6.07, 6.45) is 0. The number of nitrogens with zero attached hydrogens (tertiary/aromatic N) is 1. The zero-order valence-electron chi connectivity index (χ0n) is 33.6. The molecule has 0 heterocycles. The molecular formula is C46H37F12NOP2PdSb2. The zero-order chi connectivity index (χ0) is 46.2. The van der Waals surface area contributed by atoms with E-state index < -0.39 is 54.8 Å². The minimum atomic E-state index is -11.2. The van der Waals surface area contributed by atoms with Gasteiger partial charge in [-0.1, -0.05) is 194 Å². The first-order valence-electron chi connectivity index (χ1n) is 18.5. The number of hydrogen-bond acceptors (Lipinski definition) is 1. The van der Waals surface area contributed by atoms with E-state index in [0.717, 1.165) is 0 Å². The smallest absolute Gasteiger partial charge is 0.0622 e. The van der Waals surface area contributed by atoms with Gasteiger partial charge in [-0.3, -0.25) is 0 Å². The predicted octanol–water partition coefficient (Wildman–Crippen LogP) is 13.2. The van der Waals surface area contributed by atoms with Gasteiger partial charge < -0.3 is 5.48 Å². The quantitative estimate of drug-likeness (QED) is 0.0891. The molecule has 0 aliphatic heterocycles. The first-order chi connectivity index (χ1) is 29.2. The third-order valence-electron chi connectivity index (χ3n) is 8.60. The van der Waals surface area contributed by atoms with E-state index in [9.17, 15) is 33.8 Å². The van der Waals surface area contributed by atoms with Crippen molar-refractivity contribution in [2.45, 2.75) is 6.92 Å². The number of benzene rings is 8. The molecule has 0 amide bonds. The van der Waals surface area contributed by atoms with Crippen molar-refractivity contribution in [3.05, 3.63) is 194 Å². The van der Waals surface area contributed by atoms with E-state index in [2.05, 4.69) is 194 Å². The Balaban J connectivity index is 0.000000507. The van der Waals surface area contributed by atoms with Gasteiger partial charge in [0, 0.05) is 6.92 Å². The Morgan fingerprint density at radius 3 is 0.785 bits per heavy atom. The predicted molar refractivity (Wildman–Crippen MR) is 244 cm³/mol. The van der Waals surface area contributed by atoms with E-state index in [1.54, 1.807) is 6.07 Å². The van der Waals surface area contributed by atoms with Gasteiger partial charge in [0.15, 0.2) is 0 Å². The second kappa shape index (κ2) is 20.5. The molecule has 0 aromatic heterocycles. The molecule has 8 aromatic rings. The van der Waals surface area contributed by atoms with E-state index >= 15 is 0 Å². The molecule has 0 saturated heterocycles. The Hall–Kier alpha value is -3.95. The molecule has 0 atom stereocenters. The fourth-order valence-electron chi connectivity index (χ4n) is 6.58. The third-order valence-corrected chi connectivity index (χ3v) is 13.6. The van der Waals surface area contributed by atoms with Crippen LogP contribution in [0.2, 0.25) is 0 Å². The van der Waals surface area contributed by atoms with Gasteiger partial charge in [-0.15, -0.1) is 0 Å². The molecular weight excluding hydrogens is 1220 g/mol. The maximum atomic E-state index is 9.93. The molecule has 2 nitrogen and oxygen atoms in total. The standard InChI is InChI=1S/C44H32P2.C2H3N.12FH.H2O.Pd.2Sb/c1-5-19-35(20-6-1)45(36-21-7-2-8-22-36)41-31-29-33-17-13-15-27-39(33)43(41)44-40-28-16-14-18-34(40)30-32-42(44)46(37-23-9-3-10-24-37)38-25-11-4-12-26-38;1-2-3;;;;;;;;;;;;;;;;/h1-32H;1H3;12*1H;1H2;;;/q;;;;;;;;;;;;;;;+2;2*+5/p-12. The van der Waals surface area contributed by atoms with Crippen molar-refractivity contribution in [2.24, 2.45) is 0 Å². The van der Waals surface area contributed by atoms with Crippen LogP contribution >= 0.6 is 15.8 Å². The number of fused-ring (bicyclic) bond motifs is 2. The van der Waals surface area contributed by atoms with Crippen LogP contribution in [0, 0.1) is 11.3 Å². The molecule has 65 heavy (non-hydrogen) atoms. The van der Waals surface area contributed by atoms with Crippen LogP contribution in [0.5, 0.6) is 0 Å². The van der Waals surface area contributed by atoms with Crippen LogP contribution in [0.1, 0.15) is 6.92 Å². The van der Waals surface area contributed by atoms with Crippen LogP contribution in [0.4, 0.5) is 33.8 Å². The minimum absolute atomic E-state index is 0. The summed E-state index contributed by atoms with van der Waals surface area (Å²) in [5.74, 6) is 0. The molecule has 2 N–H and O–H groups in total. The van der Waals surface area contributed by atoms with Crippen LogP contribution in [0.3, 0.4) is 0 Å². The molecule has 8 rings (SSSR count). The summed E-state index contributed by atoms with van der Waals surface area (Å²) in [6.45, 7) is 1.43. The minimum Gasteiger partial charge on any atom is -0.0622 e. The zero-order valence-corrected chi connectivity index (χ0v) is 42.0. The van der Waals surface area contributed by atoms with Crippen molar-refractivity contribution < 1.29 is 59.7 Å². The third kappa shape index (κ3) is 18.7. The summed E-state index contributed by atoms with van der Waals surface area (Å²) in [6, 6.07) is 73.6. The maximum absolute atomic E-state index is 11.2. The Labute approximate surface area is 388 Å². The normalized spacial score (nSPS) is 13.2. The summed E-state index contributed by atoms with van der Waals surface area (Å²) in [5.41, 5.74) is 2.70. The summed E-state index contributed by atoms with van der Waals surface area (Å²) < 4.78 is 119.